The molecule has 0 aromatic heterocycles. The minimum atomic E-state index is -4.77. The van der Waals surface area contributed by atoms with Crippen molar-refractivity contribution in [3.8, 4) is 0 Å². The molecule has 0 fully saturated rings. The first-order chi connectivity index (χ1) is 39.2. The molecule has 3 atom stereocenters. The van der Waals surface area contributed by atoms with E-state index >= 15 is 0 Å². The minimum Gasteiger partial charge on any atom is -0.462 e. The van der Waals surface area contributed by atoms with Crippen LogP contribution in [0, 0.1) is 0 Å². The first-order valence-corrected chi connectivity index (χ1v) is 33.3. The molecule has 2 N–H and O–H groups in total. The summed E-state index contributed by atoms with van der Waals surface area (Å²) in [5.74, 6) is -1.51. The summed E-state index contributed by atoms with van der Waals surface area (Å²) in [5.41, 5.74) is 0. The fraction of sp³-hybridized carbons (Fsp3) is 0.691. The van der Waals surface area contributed by atoms with E-state index in [1.807, 2.05) is 0 Å². The molecule has 0 rings (SSSR count). The second-order valence-electron chi connectivity index (χ2n) is 20.8. The molecule has 0 aliphatic rings. The van der Waals surface area contributed by atoms with E-state index < -0.39 is 57.8 Å². The monoisotopic (exact) mass is 1140 g/mol. The summed E-state index contributed by atoms with van der Waals surface area (Å²) in [5, 5.41) is 9.85. The molecule has 0 aliphatic heterocycles. The maximum Gasteiger partial charge on any atom is 0.472 e. The number of carbonyl (C=O) groups is 3. The Bertz CT molecular complexity index is 1760. The zero-order valence-corrected chi connectivity index (χ0v) is 51.7. The molecule has 0 bridgehead atoms. The lowest BCUT2D eigenvalue weighted by molar-refractivity contribution is -0.161. The Labute approximate surface area is 488 Å². The quantitative estimate of drug-likeness (QED) is 0.0197. The van der Waals surface area contributed by atoms with Gasteiger partial charge in [0.25, 0.3) is 0 Å². The van der Waals surface area contributed by atoms with Gasteiger partial charge in [0.05, 0.1) is 19.8 Å². The van der Waals surface area contributed by atoms with Gasteiger partial charge in [-0.1, -0.05) is 233 Å². The number of aliphatic hydroxyl groups excluding tert-OH is 1. The van der Waals surface area contributed by atoms with Gasteiger partial charge in [0.15, 0.2) is 6.10 Å². The number of esters is 3. The fourth-order valence-electron chi connectivity index (χ4n) is 8.39. The van der Waals surface area contributed by atoms with Crippen molar-refractivity contribution < 1.29 is 52.2 Å². The van der Waals surface area contributed by atoms with Crippen molar-refractivity contribution in [2.45, 2.75) is 277 Å². The lowest BCUT2D eigenvalue weighted by atomic mass is 10.1. The van der Waals surface area contributed by atoms with Crippen LogP contribution in [-0.2, 0) is 42.2 Å². The number of phosphoric acid groups is 1. The molecule has 0 spiro atoms. The largest absolute Gasteiger partial charge is 0.472 e. The average Bonchev–Trinajstić information content (AvgIpc) is 3.45. The highest BCUT2D eigenvalue weighted by Crippen LogP contribution is 2.43. The van der Waals surface area contributed by atoms with Crippen LogP contribution < -0.4 is 0 Å². The number of aliphatic hydroxyl groups is 1. The van der Waals surface area contributed by atoms with Gasteiger partial charge in [-0.3, -0.25) is 23.4 Å². The van der Waals surface area contributed by atoms with Crippen LogP contribution in [0.5, 0.6) is 0 Å². The number of carbonyl (C=O) groups excluding carboxylic acids is 3. The van der Waals surface area contributed by atoms with Gasteiger partial charge in [-0.05, 0) is 122 Å². The van der Waals surface area contributed by atoms with E-state index in [2.05, 4.69) is 130 Å². The van der Waals surface area contributed by atoms with E-state index in [1.54, 1.807) is 0 Å². The maximum absolute atomic E-state index is 13.0. The van der Waals surface area contributed by atoms with Gasteiger partial charge >= 0.3 is 25.7 Å². The molecule has 3 unspecified atom stereocenters. The number of hydrogen-bond donors (Lipinski definition) is 2. The normalized spacial score (nSPS) is 14.0. The molecule has 0 saturated carbocycles. The van der Waals surface area contributed by atoms with Gasteiger partial charge in [0, 0.05) is 19.3 Å². The number of rotatable bonds is 58. The summed E-state index contributed by atoms with van der Waals surface area (Å²) in [7, 11) is -4.77. The van der Waals surface area contributed by atoms with E-state index in [0.717, 1.165) is 167 Å². The van der Waals surface area contributed by atoms with E-state index in [4.69, 9.17) is 23.3 Å². The Kier molecular flexibility index (Phi) is 58.3. The van der Waals surface area contributed by atoms with Gasteiger partial charge in [-0.25, -0.2) is 4.57 Å². The summed E-state index contributed by atoms with van der Waals surface area (Å²) in [6.07, 6.45) is 74.6. The van der Waals surface area contributed by atoms with Crippen molar-refractivity contribution in [1.29, 1.82) is 0 Å². The fourth-order valence-corrected chi connectivity index (χ4v) is 9.18. The Balaban J connectivity index is 4.78. The van der Waals surface area contributed by atoms with Crippen LogP contribution in [0.2, 0.25) is 0 Å². The second kappa shape index (κ2) is 61.2. The molecule has 0 aromatic carbocycles. The third-order valence-corrected chi connectivity index (χ3v) is 14.1. The van der Waals surface area contributed by atoms with Crippen LogP contribution in [-0.4, -0.2) is 66.5 Å². The van der Waals surface area contributed by atoms with Crippen LogP contribution >= 0.6 is 7.82 Å². The summed E-state index contributed by atoms with van der Waals surface area (Å²) in [6, 6.07) is 0. The number of phosphoric ester groups is 1. The smallest absolute Gasteiger partial charge is 0.462 e. The number of hydrogen-bond acceptors (Lipinski definition) is 10. The van der Waals surface area contributed by atoms with Crippen molar-refractivity contribution in [3.63, 3.8) is 0 Å². The lowest BCUT2D eigenvalue weighted by Crippen LogP contribution is -2.30. The number of ether oxygens (including phenoxy) is 3. The molecule has 0 aromatic rings. The van der Waals surface area contributed by atoms with Crippen LogP contribution in [0.15, 0.2) is 109 Å². The first-order valence-electron chi connectivity index (χ1n) is 31.8. The highest BCUT2D eigenvalue weighted by Gasteiger charge is 2.28. The summed E-state index contributed by atoms with van der Waals surface area (Å²) in [4.78, 5) is 48.8. The Morgan fingerprint density at radius 3 is 1.01 bits per heavy atom. The van der Waals surface area contributed by atoms with Crippen LogP contribution in [0.3, 0.4) is 0 Å². The number of allylic oxidation sites excluding steroid dienone is 18. The van der Waals surface area contributed by atoms with Crippen molar-refractivity contribution in [1.82, 2.24) is 0 Å². The molecule has 0 radical (unpaired) electrons. The van der Waals surface area contributed by atoms with Crippen LogP contribution in [0.1, 0.15) is 265 Å². The number of unbranched alkanes of at least 4 members (excludes halogenated alkanes) is 23. The first kappa shape index (κ1) is 76.1. The molecule has 12 heteroatoms. The molecule has 0 saturated heterocycles. The van der Waals surface area contributed by atoms with Crippen molar-refractivity contribution in [3.05, 3.63) is 109 Å². The highest BCUT2D eigenvalue weighted by molar-refractivity contribution is 7.47. The minimum absolute atomic E-state index is 0.143. The maximum atomic E-state index is 13.0. The summed E-state index contributed by atoms with van der Waals surface area (Å²) < 4.78 is 39.7. The molecule has 0 heterocycles. The lowest BCUT2D eigenvalue weighted by Gasteiger charge is -2.21. The second-order valence-corrected chi connectivity index (χ2v) is 22.3. The molecule has 80 heavy (non-hydrogen) atoms. The van der Waals surface area contributed by atoms with E-state index in [0.29, 0.717) is 19.3 Å². The van der Waals surface area contributed by atoms with Crippen molar-refractivity contribution >= 4 is 25.7 Å². The zero-order chi connectivity index (χ0) is 58.3. The average molecular weight is 1140 g/mol. The molecular formula is C68H115O11P. The van der Waals surface area contributed by atoms with Crippen molar-refractivity contribution in [2.75, 3.05) is 26.4 Å². The standard InChI is InChI=1S/C68H115O11P/c1-4-7-10-13-16-19-22-25-28-30-32-34-37-39-42-45-48-51-54-57-66(70)75-61-65(79-68(72)59-56-53-50-47-44-41-38-35-33-31-29-26-23-20-17-14-11-8-5-2)63-77-80(73,74)76-62-64(60-69)78-67(71)58-55-52-49-46-43-40-36-27-24-21-18-15-12-9-6-3/h7-8,10-11,16-17,19-20,25-29,32-36,64-65,69H,4-6,9,12-15,18,21-24,30-31,37-63H2,1-3H3,(H,73,74)/b10-7-,11-8-,19-16-,20-17-,28-25-,29-26-,34-32-,35-33-,36-27-. The molecular weight excluding hydrogens is 1020 g/mol. The third kappa shape index (κ3) is 58.8. The molecule has 458 valence electrons. The summed E-state index contributed by atoms with van der Waals surface area (Å²) >= 11 is 0. The van der Waals surface area contributed by atoms with Gasteiger partial charge in [-0.2, -0.15) is 0 Å². The van der Waals surface area contributed by atoms with Crippen LogP contribution in [0.4, 0.5) is 0 Å². The van der Waals surface area contributed by atoms with Gasteiger partial charge in [0.2, 0.25) is 0 Å². The Hall–Kier alpha value is -3.86. The van der Waals surface area contributed by atoms with Gasteiger partial charge in [-0.15, -0.1) is 0 Å². The SMILES string of the molecule is CC/C=C\C/C=C\C/C=C\C/C=C\CCCCCCCCC(=O)OCC(COP(=O)(O)OCC(CO)OC(=O)CCCCCCC/C=C\CCCCCCCC)OC(=O)CCCCCCCC/C=C\C/C=C\C/C=C\C/C=C\CC. The van der Waals surface area contributed by atoms with Crippen molar-refractivity contribution in [2.24, 2.45) is 0 Å². The Morgan fingerprint density at radius 1 is 0.362 bits per heavy atom. The Morgan fingerprint density at radius 2 is 0.650 bits per heavy atom. The van der Waals surface area contributed by atoms with E-state index in [-0.39, 0.29) is 25.9 Å². The molecule has 0 amide bonds. The zero-order valence-electron chi connectivity index (χ0n) is 50.8. The highest BCUT2D eigenvalue weighted by atomic mass is 31.2. The molecule has 11 nitrogen and oxygen atoms in total. The third-order valence-electron chi connectivity index (χ3n) is 13.2. The van der Waals surface area contributed by atoms with E-state index in [9.17, 15) is 28.9 Å². The van der Waals surface area contributed by atoms with Gasteiger partial charge < -0.3 is 24.2 Å². The summed E-state index contributed by atoms with van der Waals surface area (Å²) in [6.45, 7) is 4.39. The van der Waals surface area contributed by atoms with E-state index in [1.165, 1.54) is 38.5 Å². The molecule has 0 aliphatic carbocycles. The predicted octanol–water partition coefficient (Wildman–Crippen LogP) is 19.4. The van der Waals surface area contributed by atoms with Crippen LogP contribution in [0.25, 0.3) is 0 Å². The predicted molar refractivity (Wildman–Crippen MR) is 334 cm³/mol. The van der Waals surface area contributed by atoms with Gasteiger partial charge in [0.1, 0.15) is 12.7 Å². The topological polar surface area (TPSA) is 155 Å².